The van der Waals surface area contributed by atoms with Gasteiger partial charge >= 0.3 is 0 Å². The third-order valence-electron chi connectivity index (χ3n) is 3.02. The van der Waals surface area contributed by atoms with Crippen LogP contribution in [0, 0.1) is 12.3 Å². The molecule has 1 unspecified atom stereocenters. The number of amides is 1. The molecule has 90 valence electrons. The Balaban J connectivity index is 2.16. The normalized spacial score (nSPS) is 18.0. The van der Waals surface area contributed by atoms with Crippen LogP contribution < -0.4 is 10.6 Å². The number of rotatable bonds is 6. The van der Waals surface area contributed by atoms with Crippen molar-refractivity contribution < 1.29 is 4.79 Å². The first kappa shape index (κ1) is 13.1. The average Bonchev–Trinajstić information content (AvgIpc) is 2.78. The molecule has 0 aromatic rings. The third kappa shape index (κ3) is 4.67. The lowest BCUT2D eigenvalue weighted by atomic mass is 10.2. The van der Waals surface area contributed by atoms with Crippen molar-refractivity contribution in [1.82, 2.24) is 10.6 Å². The Kier molecular flexibility index (Phi) is 5.95. The summed E-state index contributed by atoms with van der Waals surface area (Å²) in [5.41, 5.74) is 0. The highest BCUT2D eigenvalue weighted by atomic mass is 16.1. The Morgan fingerprint density at radius 1 is 1.50 bits per heavy atom. The Morgan fingerprint density at radius 2 is 2.19 bits per heavy atom. The maximum absolute atomic E-state index is 11.6. The summed E-state index contributed by atoms with van der Waals surface area (Å²) < 4.78 is 0. The first-order valence-electron chi connectivity index (χ1n) is 6.25. The van der Waals surface area contributed by atoms with Crippen molar-refractivity contribution in [1.29, 1.82) is 0 Å². The minimum absolute atomic E-state index is 0.0169. The summed E-state index contributed by atoms with van der Waals surface area (Å²) in [6, 6.07) is 0.420. The summed E-state index contributed by atoms with van der Waals surface area (Å²) >= 11 is 0. The molecular weight excluding hydrogens is 200 g/mol. The van der Waals surface area contributed by atoms with Crippen LogP contribution in [0.3, 0.4) is 0 Å². The Morgan fingerprint density at radius 3 is 2.75 bits per heavy atom. The van der Waals surface area contributed by atoms with E-state index in [9.17, 15) is 4.79 Å². The lowest BCUT2D eigenvalue weighted by Crippen LogP contribution is -2.42. The number of hydrogen-bond acceptors (Lipinski definition) is 2. The van der Waals surface area contributed by atoms with Gasteiger partial charge in [-0.05, 0) is 19.3 Å². The molecule has 1 atom stereocenters. The van der Waals surface area contributed by atoms with Crippen molar-refractivity contribution in [3.05, 3.63) is 0 Å². The average molecular weight is 222 g/mol. The van der Waals surface area contributed by atoms with Gasteiger partial charge in [-0.1, -0.05) is 32.1 Å². The maximum atomic E-state index is 11.6. The summed E-state index contributed by atoms with van der Waals surface area (Å²) in [5, 5.41) is 6.13. The molecule has 1 amide bonds. The predicted molar refractivity (Wildman–Crippen MR) is 65.9 cm³/mol. The van der Waals surface area contributed by atoms with Crippen molar-refractivity contribution >= 4 is 5.91 Å². The number of terminal acetylenes is 1. The molecule has 2 N–H and O–H groups in total. The monoisotopic (exact) mass is 222 g/mol. The van der Waals surface area contributed by atoms with Crippen LogP contribution in [-0.2, 0) is 4.79 Å². The predicted octanol–water partition coefficient (Wildman–Crippen LogP) is 1.44. The van der Waals surface area contributed by atoms with E-state index in [-0.39, 0.29) is 11.9 Å². The summed E-state index contributed by atoms with van der Waals surface area (Å²) in [4.78, 5) is 11.6. The summed E-state index contributed by atoms with van der Waals surface area (Å²) in [7, 11) is 0. The van der Waals surface area contributed by atoms with Crippen LogP contribution in [0.5, 0.6) is 0 Å². The molecule has 0 heterocycles. The zero-order chi connectivity index (χ0) is 11.8. The van der Waals surface area contributed by atoms with Gasteiger partial charge in [-0.25, -0.2) is 0 Å². The Labute approximate surface area is 98.4 Å². The van der Waals surface area contributed by atoms with Crippen molar-refractivity contribution in [2.45, 2.75) is 57.5 Å². The molecule has 1 rings (SSSR count). The highest BCUT2D eigenvalue weighted by Crippen LogP contribution is 2.17. The number of carbonyl (C=O) groups excluding carboxylic acids is 1. The first-order chi connectivity index (χ1) is 7.76. The highest BCUT2D eigenvalue weighted by Gasteiger charge is 2.15. The maximum Gasteiger partial charge on any atom is 0.234 e. The summed E-state index contributed by atoms with van der Waals surface area (Å²) in [5.74, 6) is 2.62. The van der Waals surface area contributed by atoms with E-state index >= 15 is 0 Å². The van der Waals surface area contributed by atoms with E-state index in [1.54, 1.807) is 0 Å². The SMILES string of the molecule is C#CC(CCC)NC(=O)CNC1CCCC1. The van der Waals surface area contributed by atoms with Gasteiger partial charge in [0.25, 0.3) is 0 Å². The van der Waals surface area contributed by atoms with E-state index < -0.39 is 0 Å². The second-order valence-corrected chi connectivity index (χ2v) is 4.44. The van der Waals surface area contributed by atoms with Crippen molar-refractivity contribution in [3.63, 3.8) is 0 Å². The van der Waals surface area contributed by atoms with Gasteiger partial charge in [-0.15, -0.1) is 6.42 Å². The Bertz CT molecular complexity index is 251. The molecule has 0 aliphatic heterocycles. The number of hydrogen-bond donors (Lipinski definition) is 2. The molecule has 16 heavy (non-hydrogen) atoms. The second kappa shape index (κ2) is 7.29. The van der Waals surface area contributed by atoms with E-state index in [4.69, 9.17) is 6.42 Å². The van der Waals surface area contributed by atoms with Gasteiger partial charge < -0.3 is 10.6 Å². The van der Waals surface area contributed by atoms with E-state index in [1.807, 2.05) is 0 Å². The van der Waals surface area contributed by atoms with Crippen LogP contribution in [0.15, 0.2) is 0 Å². The van der Waals surface area contributed by atoms with Crippen LogP contribution in [0.2, 0.25) is 0 Å². The van der Waals surface area contributed by atoms with E-state index in [0.29, 0.717) is 12.6 Å². The van der Waals surface area contributed by atoms with Gasteiger partial charge in [-0.3, -0.25) is 4.79 Å². The molecule has 1 saturated carbocycles. The van der Waals surface area contributed by atoms with Gasteiger partial charge in [0.1, 0.15) is 0 Å². The number of carbonyl (C=O) groups is 1. The van der Waals surface area contributed by atoms with Gasteiger partial charge in [0.15, 0.2) is 0 Å². The van der Waals surface area contributed by atoms with Crippen LogP contribution in [-0.4, -0.2) is 24.5 Å². The minimum atomic E-state index is -0.108. The number of nitrogens with one attached hydrogen (secondary N) is 2. The van der Waals surface area contributed by atoms with Gasteiger partial charge in [0.2, 0.25) is 5.91 Å². The van der Waals surface area contributed by atoms with Crippen LogP contribution >= 0.6 is 0 Å². The van der Waals surface area contributed by atoms with Crippen LogP contribution in [0.25, 0.3) is 0 Å². The molecule has 0 aromatic heterocycles. The topological polar surface area (TPSA) is 41.1 Å². The lowest BCUT2D eigenvalue weighted by Gasteiger charge is -2.14. The molecule has 3 nitrogen and oxygen atoms in total. The zero-order valence-electron chi connectivity index (χ0n) is 10.1. The van der Waals surface area contributed by atoms with Gasteiger partial charge in [-0.2, -0.15) is 0 Å². The van der Waals surface area contributed by atoms with E-state index in [2.05, 4.69) is 23.5 Å². The fourth-order valence-corrected chi connectivity index (χ4v) is 2.10. The first-order valence-corrected chi connectivity index (χ1v) is 6.25. The van der Waals surface area contributed by atoms with E-state index in [0.717, 1.165) is 12.8 Å². The smallest absolute Gasteiger partial charge is 0.234 e. The fraction of sp³-hybridized carbons (Fsp3) is 0.769. The molecule has 1 fully saturated rings. The molecule has 0 aromatic carbocycles. The molecule has 1 aliphatic carbocycles. The molecule has 0 saturated heterocycles. The Hall–Kier alpha value is -1.01. The van der Waals surface area contributed by atoms with E-state index in [1.165, 1.54) is 25.7 Å². The standard InChI is InChI=1S/C13H22N2O/c1-3-7-11(4-2)15-13(16)10-14-12-8-5-6-9-12/h2,11-12,14H,3,5-10H2,1H3,(H,15,16). The molecule has 3 heteroatoms. The van der Waals surface area contributed by atoms with Crippen LogP contribution in [0.1, 0.15) is 45.4 Å². The summed E-state index contributed by atoms with van der Waals surface area (Å²) in [6.45, 7) is 2.46. The molecule has 0 bridgehead atoms. The zero-order valence-corrected chi connectivity index (χ0v) is 10.1. The molecule has 0 spiro atoms. The van der Waals surface area contributed by atoms with Gasteiger partial charge in [0.05, 0.1) is 12.6 Å². The van der Waals surface area contributed by atoms with Gasteiger partial charge in [0, 0.05) is 6.04 Å². The second-order valence-electron chi connectivity index (χ2n) is 4.44. The molecule has 0 radical (unpaired) electrons. The van der Waals surface area contributed by atoms with Crippen molar-refractivity contribution in [2.24, 2.45) is 0 Å². The minimum Gasteiger partial charge on any atom is -0.341 e. The largest absolute Gasteiger partial charge is 0.341 e. The third-order valence-corrected chi connectivity index (χ3v) is 3.02. The lowest BCUT2D eigenvalue weighted by molar-refractivity contribution is -0.120. The van der Waals surface area contributed by atoms with Crippen molar-refractivity contribution in [2.75, 3.05) is 6.54 Å². The van der Waals surface area contributed by atoms with Crippen molar-refractivity contribution in [3.8, 4) is 12.3 Å². The highest BCUT2D eigenvalue weighted by molar-refractivity contribution is 5.78. The molecule has 1 aliphatic rings. The quantitative estimate of drug-likeness (QED) is 0.668. The fourth-order valence-electron chi connectivity index (χ4n) is 2.10. The molecular formula is C13H22N2O. The summed E-state index contributed by atoms with van der Waals surface area (Å²) in [6.07, 6.45) is 12.1. The van der Waals surface area contributed by atoms with Crippen LogP contribution in [0.4, 0.5) is 0 Å².